The SMILES string of the molecule is CCCCC(O)CCCC(N)n1c(=O)ccn(C)c1=O. The molecule has 1 heterocycles. The third kappa shape index (κ3) is 4.61. The number of nitrogens with zero attached hydrogens (tertiary/aromatic N) is 2. The zero-order valence-electron chi connectivity index (χ0n) is 12.3. The van der Waals surface area contributed by atoms with E-state index in [-0.39, 0.29) is 11.7 Å². The van der Waals surface area contributed by atoms with Gasteiger partial charge in [-0.15, -0.1) is 0 Å². The molecule has 0 aromatic carbocycles. The van der Waals surface area contributed by atoms with Crippen LogP contribution in [-0.4, -0.2) is 20.3 Å². The van der Waals surface area contributed by atoms with Crippen LogP contribution in [0.2, 0.25) is 0 Å². The van der Waals surface area contributed by atoms with Gasteiger partial charge in [0, 0.05) is 19.3 Å². The topological polar surface area (TPSA) is 90.2 Å². The van der Waals surface area contributed by atoms with Crippen molar-refractivity contribution in [3.8, 4) is 0 Å². The van der Waals surface area contributed by atoms with Crippen LogP contribution in [0.25, 0.3) is 0 Å². The number of aromatic nitrogens is 2. The third-order valence-corrected chi connectivity index (χ3v) is 3.45. The fourth-order valence-corrected chi connectivity index (χ4v) is 2.16. The Bertz CT molecular complexity index is 521. The van der Waals surface area contributed by atoms with E-state index >= 15 is 0 Å². The minimum atomic E-state index is -0.638. The molecule has 1 aromatic heterocycles. The van der Waals surface area contributed by atoms with E-state index in [4.69, 9.17) is 5.73 Å². The summed E-state index contributed by atoms with van der Waals surface area (Å²) in [5, 5.41) is 9.74. The van der Waals surface area contributed by atoms with E-state index in [1.54, 1.807) is 7.05 Å². The van der Waals surface area contributed by atoms with Gasteiger partial charge in [-0.25, -0.2) is 9.36 Å². The standard InChI is InChI=1S/C14H25N3O3/c1-3-4-6-11(18)7-5-8-12(15)17-13(19)9-10-16(2)14(17)20/h9-12,18H,3-8,15H2,1-2H3. The molecule has 6 heteroatoms. The zero-order chi connectivity index (χ0) is 15.1. The van der Waals surface area contributed by atoms with Crippen molar-refractivity contribution in [1.82, 2.24) is 9.13 Å². The van der Waals surface area contributed by atoms with Gasteiger partial charge >= 0.3 is 5.69 Å². The highest BCUT2D eigenvalue weighted by molar-refractivity contribution is 4.87. The molecule has 0 aliphatic heterocycles. The number of nitrogens with two attached hydrogens (primary N) is 1. The Hall–Kier alpha value is -1.40. The summed E-state index contributed by atoms with van der Waals surface area (Å²) >= 11 is 0. The number of aliphatic hydroxyl groups excluding tert-OH is 1. The second-order valence-electron chi connectivity index (χ2n) is 5.21. The molecule has 1 aromatic rings. The number of hydrogen-bond acceptors (Lipinski definition) is 4. The normalized spacial score (nSPS) is 14.2. The number of unbranched alkanes of at least 4 members (excludes halogenated alkanes) is 1. The lowest BCUT2D eigenvalue weighted by atomic mass is 10.1. The predicted molar refractivity (Wildman–Crippen MR) is 78.6 cm³/mol. The first kappa shape index (κ1) is 16.7. The van der Waals surface area contributed by atoms with Crippen molar-refractivity contribution in [2.45, 2.75) is 57.7 Å². The fourth-order valence-electron chi connectivity index (χ4n) is 2.16. The van der Waals surface area contributed by atoms with E-state index < -0.39 is 11.9 Å². The Labute approximate surface area is 118 Å². The second-order valence-corrected chi connectivity index (χ2v) is 5.21. The molecular formula is C14H25N3O3. The van der Waals surface area contributed by atoms with Crippen molar-refractivity contribution in [3.05, 3.63) is 33.1 Å². The van der Waals surface area contributed by atoms with Crippen LogP contribution in [0.5, 0.6) is 0 Å². The molecule has 3 N–H and O–H groups in total. The van der Waals surface area contributed by atoms with Crippen molar-refractivity contribution in [2.24, 2.45) is 12.8 Å². The van der Waals surface area contributed by atoms with Crippen LogP contribution in [0, 0.1) is 0 Å². The highest BCUT2D eigenvalue weighted by Crippen LogP contribution is 2.11. The van der Waals surface area contributed by atoms with Gasteiger partial charge in [0.2, 0.25) is 0 Å². The molecule has 6 nitrogen and oxygen atoms in total. The molecule has 0 radical (unpaired) electrons. The molecule has 0 bridgehead atoms. The maximum absolute atomic E-state index is 11.9. The Morgan fingerprint density at radius 2 is 1.90 bits per heavy atom. The fraction of sp³-hybridized carbons (Fsp3) is 0.714. The monoisotopic (exact) mass is 283 g/mol. The summed E-state index contributed by atoms with van der Waals surface area (Å²) in [6.07, 6.45) is 5.17. The summed E-state index contributed by atoms with van der Waals surface area (Å²) < 4.78 is 2.40. The summed E-state index contributed by atoms with van der Waals surface area (Å²) in [7, 11) is 1.58. The molecule has 0 amide bonds. The maximum Gasteiger partial charge on any atom is 0.332 e. The van der Waals surface area contributed by atoms with Crippen molar-refractivity contribution >= 4 is 0 Å². The van der Waals surface area contributed by atoms with Gasteiger partial charge in [-0.3, -0.25) is 4.79 Å². The number of rotatable bonds is 8. The molecule has 114 valence electrons. The van der Waals surface area contributed by atoms with Crippen LogP contribution in [0.15, 0.2) is 21.9 Å². The van der Waals surface area contributed by atoms with Crippen molar-refractivity contribution in [2.75, 3.05) is 0 Å². The number of aryl methyl sites for hydroxylation is 1. The summed E-state index contributed by atoms with van der Waals surface area (Å²) in [5.74, 6) is 0. The highest BCUT2D eigenvalue weighted by atomic mass is 16.3. The number of aliphatic hydroxyl groups is 1. The average molecular weight is 283 g/mol. The Kier molecular flexibility index (Phi) is 6.67. The van der Waals surface area contributed by atoms with E-state index in [1.807, 2.05) is 0 Å². The van der Waals surface area contributed by atoms with Gasteiger partial charge in [-0.2, -0.15) is 0 Å². The molecule has 0 aliphatic carbocycles. The van der Waals surface area contributed by atoms with Crippen molar-refractivity contribution in [3.63, 3.8) is 0 Å². The first-order chi connectivity index (χ1) is 9.47. The lowest BCUT2D eigenvalue weighted by molar-refractivity contribution is 0.146. The van der Waals surface area contributed by atoms with Gasteiger partial charge in [0.25, 0.3) is 5.56 Å². The smallest absolute Gasteiger partial charge is 0.332 e. The van der Waals surface area contributed by atoms with Crippen molar-refractivity contribution < 1.29 is 5.11 Å². The van der Waals surface area contributed by atoms with E-state index in [0.717, 1.165) is 23.8 Å². The van der Waals surface area contributed by atoms with Crippen LogP contribution >= 0.6 is 0 Å². The summed E-state index contributed by atoms with van der Waals surface area (Å²) in [4.78, 5) is 23.6. The molecule has 0 aliphatic rings. The quantitative estimate of drug-likeness (QED) is 0.735. The molecule has 0 spiro atoms. The van der Waals surface area contributed by atoms with E-state index in [1.165, 1.54) is 16.8 Å². The van der Waals surface area contributed by atoms with Gasteiger partial charge in [0.1, 0.15) is 0 Å². The van der Waals surface area contributed by atoms with E-state index in [9.17, 15) is 14.7 Å². The van der Waals surface area contributed by atoms with Crippen LogP contribution in [-0.2, 0) is 7.05 Å². The molecule has 2 unspecified atom stereocenters. The minimum Gasteiger partial charge on any atom is -0.393 e. The van der Waals surface area contributed by atoms with Crippen LogP contribution < -0.4 is 17.0 Å². The molecule has 0 saturated carbocycles. The molecule has 2 atom stereocenters. The molecule has 20 heavy (non-hydrogen) atoms. The predicted octanol–water partition coefficient (Wildman–Crippen LogP) is 0.726. The summed E-state index contributed by atoms with van der Waals surface area (Å²) in [6.45, 7) is 2.08. The van der Waals surface area contributed by atoms with Crippen LogP contribution in [0.4, 0.5) is 0 Å². The largest absolute Gasteiger partial charge is 0.393 e. The molecule has 0 saturated heterocycles. The lowest BCUT2D eigenvalue weighted by Crippen LogP contribution is -2.43. The van der Waals surface area contributed by atoms with Gasteiger partial charge in [0.05, 0.1) is 12.3 Å². The first-order valence-corrected chi connectivity index (χ1v) is 7.19. The second kappa shape index (κ2) is 8.01. The minimum absolute atomic E-state index is 0.322. The Balaban J connectivity index is 2.56. The maximum atomic E-state index is 11.9. The van der Waals surface area contributed by atoms with E-state index in [0.29, 0.717) is 19.3 Å². The van der Waals surface area contributed by atoms with Gasteiger partial charge in [-0.05, 0) is 25.7 Å². The average Bonchev–Trinajstić information content (AvgIpc) is 2.41. The first-order valence-electron chi connectivity index (χ1n) is 7.19. The van der Waals surface area contributed by atoms with Gasteiger partial charge in [0.15, 0.2) is 0 Å². The highest BCUT2D eigenvalue weighted by Gasteiger charge is 2.12. The lowest BCUT2D eigenvalue weighted by Gasteiger charge is -2.16. The van der Waals surface area contributed by atoms with Crippen molar-refractivity contribution in [1.29, 1.82) is 0 Å². The Morgan fingerprint density at radius 3 is 2.55 bits per heavy atom. The Morgan fingerprint density at radius 1 is 1.25 bits per heavy atom. The summed E-state index contributed by atoms with van der Waals surface area (Å²) in [5.41, 5.74) is 5.13. The van der Waals surface area contributed by atoms with Crippen LogP contribution in [0.1, 0.15) is 51.6 Å². The third-order valence-electron chi connectivity index (χ3n) is 3.45. The summed E-state index contributed by atoms with van der Waals surface area (Å²) in [6, 6.07) is 1.33. The van der Waals surface area contributed by atoms with Gasteiger partial charge in [-0.1, -0.05) is 19.8 Å². The molecule has 0 fully saturated rings. The van der Waals surface area contributed by atoms with Gasteiger partial charge < -0.3 is 15.4 Å². The number of hydrogen-bond donors (Lipinski definition) is 2. The molecular weight excluding hydrogens is 258 g/mol. The van der Waals surface area contributed by atoms with E-state index in [2.05, 4.69) is 6.92 Å². The van der Waals surface area contributed by atoms with Crippen LogP contribution in [0.3, 0.4) is 0 Å². The zero-order valence-corrected chi connectivity index (χ0v) is 12.3. The molecule has 1 rings (SSSR count).